The van der Waals surface area contributed by atoms with E-state index in [2.05, 4.69) is 165 Å². The summed E-state index contributed by atoms with van der Waals surface area (Å²) in [4.78, 5) is 4.26. The lowest BCUT2D eigenvalue weighted by Gasteiger charge is -2.57. The molecular formula is C36H37BN2O2P-. The van der Waals surface area contributed by atoms with Gasteiger partial charge in [-0.2, -0.15) is 0 Å². The molecule has 5 aromatic rings. The van der Waals surface area contributed by atoms with Gasteiger partial charge in [-0.1, -0.05) is 115 Å². The first-order chi connectivity index (χ1) is 20.5. The van der Waals surface area contributed by atoms with Crippen molar-refractivity contribution in [1.29, 1.82) is 0 Å². The van der Waals surface area contributed by atoms with Gasteiger partial charge in [0.2, 0.25) is 0 Å². The van der Waals surface area contributed by atoms with Crippen LogP contribution in [0.5, 0.6) is 0 Å². The first kappa shape index (κ1) is 28.2. The van der Waals surface area contributed by atoms with Gasteiger partial charge in [-0.05, 0) is 48.6 Å². The number of nitrogens with zero attached hydrogens (tertiary/aromatic N) is 2. The molecular weight excluding hydrogens is 534 g/mol. The molecule has 1 fully saturated rings. The van der Waals surface area contributed by atoms with Crippen molar-refractivity contribution in [3.05, 3.63) is 151 Å². The Kier molecular flexibility index (Phi) is 8.17. The molecule has 0 radical (unpaired) electrons. The van der Waals surface area contributed by atoms with Crippen LogP contribution in [0.25, 0.3) is 0 Å². The van der Waals surface area contributed by atoms with Gasteiger partial charge in [-0.25, -0.2) is 0 Å². The molecule has 2 atom stereocenters. The molecule has 42 heavy (non-hydrogen) atoms. The van der Waals surface area contributed by atoms with Gasteiger partial charge < -0.3 is 19.1 Å². The second-order valence-electron chi connectivity index (χ2n) is 11.2. The fourth-order valence-corrected chi connectivity index (χ4v) is 8.69. The number of hydrogen-bond donors (Lipinski definition) is 0. The summed E-state index contributed by atoms with van der Waals surface area (Å²) < 4.78 is 14.9. The second-order valence-corrected chi connectivity index (χ2v) is 13.5. The summed E-state index contributed by atoms with van der Waals surface area (Å²) in [6.45, 7) is -2.04. The molecule has 1 aliphatic heterocycles. The van der Waals surface area contributed by atoms with Crippen LogP contribution < -0.4 is 26.0 Å². The van der Waals surface area contributed by atoms with E-state index >= 15 is 0 Å². The highest BCUT2D eigenvalue weighted by atomic mass is 31.1. The van der Waals surface area contributed by atoms with E-state index in [-0.39, 0.29) is 11.7 Å². The third-order valence-corrected chi connectivity index (χ3v) is 10.8. The topological polar surface area (TPSA) is 24.9 Å². The smallest absolute Gasteiger partial charge is 0.300 e. The molecule has 0 spiro atoms. The van der Waals surface area contributed by atoms with Crippen molar-refractivity contribution in [2.75, 3.05) is 38.0 Å². The molecule has 6 heteroatoms. The summed E-state index contributed by atoms with van der Waals surface area (Å²) >= 11 is 0. The van der Waals surface area contributed by atoms with Gasteiger partial charge in [0.25, 0.3) is 6.55 Å². The average molecular weight is 571 g/mol. The Morgan fingerprint density at radius 1 is 0.476 bits per heavy atom. The van der Waals surface area contributed by atoms with Crippen LogP contribution in [0.1, 0.15) is 22.8 Å². The fraction of sp³-hybridized carbons (Fsp3) is 0.167. The van der Waals surface area contributed by atoms with E-state index in [1.807, 2.05) is 12.1 Å². The number of rotatable bonds is 7. The number of anilines is 2. The second kappa shape index (κ2) is 12.2. The minimum atomic E-state index is -2.04. The zero-order valence-corrected chi connectivity index (χ0v) is 25.6. The molecule has 0 bridgehead atoms. The van der Waals surface area contributed by atoms with Crippen LogP contribution in [0, 0.1) is 0 Å². The number of hydrogen-bond acceptors (Lipinski definition) is 4. The van der Waals surface area contributed by atoms with E-state index in [9.17, 15) is 0 Å². The lowest BCUT2D eigenvalue weighted by atomic mass is 9.46. The monoisotopic (exact) mass is 571 g/mol. The van der Waals surface area contributed by atoms with Crippen LogP contribution in [0.4, 0.5) is 11.4 Å². The predicted molar refractivity (Wildman–Crippen MR) is 180 cm³/mol. The highest BCUT2D eigenvalue weighted by Gasteiger charge is 2.46. The van der Waals surface area contributed by atoms with Crippen LogP contribution in [0.3, 0.4) is 0 Å². The van der Waals surface area contributed by atoms with Crippen molar-refractivity contribution in [3.63, 3.8) is 0 Å². The lowest BCUT2D eigenvalue weighted by molar-refractivity contribution is 0.134. The molecule has 2 unspecified atom stereocenters. The Hall–Kier alpha value is -3.89. The third kappa shape index (κ3) is 5.48. The van der Waals surface area contributed by atoms with Crippen molar-refractivity contribution >= 4 is 42.1 Å². The first-order valence-corrected chi connectivity index (χ1v) is 15.9. The van der Waals surface area contributed by atoms with Gasteiger partial charge >= 0.3 is 0 Å². The van der Waals surface area contributed by atoms with Crippen molar-refractivity contribution in [1.82, 2.24) is 0 Å². The van der Waals surface area contributed by atoms with Crippen LogP contribution in [0.2, 0.25) is 0 Å². The molecule has 4 nitrogen and oxygen atoms in total. The molecule has 1 aliphatic rings. The predicted octanol–water partition coefficient (Wildman–Crippen LogP) is 6.63. The molecule has 1 saturated heterocycles. The molecule has 212 valence electrons. The zero-order chi connectivity index (χ0) is 29.1. The Balaban J connectivity index is 1.59. The minimum absolute atomic E-state index is 0.203. The molecule has 0 amide bonds. The lowest BCUT2D eigenvalue weighted by Crippen LogP contribution is -2.65. The van der Waals surface area contributed by atoms with Crippen LogP contribution in [-0.2, 0) is 9.31 Å². The van der Waals surface area contributed by atoms with E-state index < -0.39 is 14.5 Å². The van der Waals surface area contributed by atoms with Gasteiger partial charge in [-0.15, -0.1) is 10.9 Å². The molecule has 1 heterocycles. The molecule has 6 rings (SSSR count). The van der Waals surface area contributed by atoms with Crippen LogP contribution >= 0.6 is 7.92 Å². The molecule has 5 aromatic carbocycles. The summed E-state index contributed by atoms with van der Waals surface area (Å²) in [6.07, 6.45) is 0. The van der Waals surface area contributed by atoms with Crippen molar-refractivity contribution in [2.45, 2.75) is 11.7 Å². The minimum Gasteiger partial charge on any atom is -0.551 e. The van der Waals surface area contributed by atoms with E-state index in [4.69, 9.17) is 9.31 Å². The van der Waals surface area contributed by atoms with Gasteiger partial charge in [0.05, 0.1) is 11.7 Å². The van der Waals surface area contributed by atoms with Crippen molar-refractivity contribution < 1.29 is 9.31 Å². The quantitative estimate of drug-likeness (QED) is 0.162. The van der Waals surface area contributed by atoms with Gasteiger partial charge in [-0.3, -0.25) is 0 Å². The standard InChI is InChI=1S/C36H37BN2O2P/c1-38(2)32-24-20-28(21-25-32)35-40-37(30-14-8-5-9-15-30,31-16-10-6-11-17-31)41-36(42(35)34-18-12-7-13-19-34)29-22-26-33(27-23-29)39(3)4/h5-27,35-36H,1-4H3/q-1. The Labute approximate surface area is 251 Å². The molecule has 0 aliphatic carbocycles. The summed E-state index contributed by atoms with van der Waals surface area (Å²) in [6, 6.07) is 49.4. The summed E-state index contributed by atoms with van der Waals surface area (Å²) in [5.74, 6) is -0.405. The highest BCUT2D eigenvalue weighted by molar-refractivity contribution is 7.66. The van der Waals surface area contributed by atoms with Gasteiger partial charge in [0.1, 0.15) is 0 Å². The van der Waals surface area contributed by atoms with Gasteiger partial charge in [0, 0.05) is 39.6 Å². The first-order valence-electron chi connectivity index (χ1n) is 14.4. The van der Waals surface area contributed by atoms with E-state index in [1.54, 1.807) is 0 Å². The molecule has 0 aromatic heterocycles. The van der Waals surface area contributed by atoms with Crippen LogP contribution in [0.15, 0.2) is 140 Å². The fourth-order valence-electron chi connectivity index (χ4n) is 5.79. The maximum absolute atomic E-state index is 7.46. The third-order valence-electron chi connectivity index (χ3n) is 8.07. The normalized spacial score (nSPS) is 19.7. The van der Waals surface area contributed by atoms with Crippen molar-refractivity contribution in [3.8, 4) is 0 Å². The van der Waals surface area contributed by atoms with E-state index in [0.717, 1.165) is 33.4 Å². The summed E-state index contributed by atoms with van der Waals surface area (Å²) in [5.41, 5.74) is 6.72. The maximum Gasteiger partial charge on any atom is 0.300 e. The van der Waals surface area contributed by atoms with Crippen LogP contribution in [-0.4, -0.2) is 34.7 Å². The Morgan fingerprint density at radius 3 is 1.19 bits per heavy atom. The number of benzene rings is 5. The molecule has 0 saturated carbocycles. The van der Waals surface area contributed by atoms with E-state index in [1.165, 1.54) is 5.30 Å². The summed E-state index contributed by atoms with van der Waals surface area (Å²) in [7, 11) is 7.30. The summed E-state index contributed by atoms with van der Waals surface area (Å²) in [5, 5.41) is 1.25. The zero-order valence-electron chi connectivity index (χ0n) is 24.7. The highest BCUT2D eigenvalue weighted by Crippen LogP contribution is 2.65. The molecule has 0 N–H and O–H groups in total. The van der Waals surface area contributed by atoms with E-state index in [0.29, 0.717) is 0 Å². The average Bonchev–Trinajstić information content (AvgIpc) is 3.05. The SMILES string of the molecule is CN(C)c1ccc(C2O[B-](c3ccccc3)(c3ccccc3)OC(c3ccc(N(C)C)cc3)P2c2ccccc2)cc1. The Morgan fingerprint density at radius 2 is 0.833 bits per heavy atom. The van der Waals surface area contributed by atoms with Crippen molar-refractivity contribution in [2.24, 2.45) is 0 Å². The Bertz CT molecular complexity index is 1480. The maximum atomic E-state index is 7.46. The largest absolute Gasteiger partial charge is 0.551 e. The van der Waals surface area contributed by atoms with Gasteiger partial charge in [0.15, 0.2) is 0 Å².